The van der Waals surface area contributed by atoms with Crippen LogP contribution >= 0.6 is 0 Å². The fraction of sp³-hybridized carbons (Fsp3) is 0. The van der Waals surface area contributed by atoms with E-state index in [2.05, 4.69) is 0 Å². The average molecular weight is 364 g/mol. The molecule has 53 valence electrons. The van der Waals surface area contributed by atoms with Gasteiger partial charge < -0.3 is 30.1 Å². The molecule has 0 aliphatic carbocycles. The van der Waals surface area contributed by atoms with Gasteiger partial charge in [0.2, 0.25) is 0 Å². The molecule has 0 heterocycles. The van der Waals surface area contributed by atoms with Crippen LogP contribution in [0, 0.1) is 39.9 Å². The quantitative estimate of drug-likeness (QED) is 0.392. The number of rotatable bonds is 0. The summed E-state index contributed by atoms with van der Waals surface area (Å²) in [5.41, 5.74) is 0. The van der Waals surface area contributed by atoms with Crippen molar-refractivity contribution in [2.45, 2.75) is 0 Å². The Bertz CT molecular complexity index is 31.2. The minimum atomic E-state index is -2.92. The Kier molecular flexibility index (Phi) is 39.7. The Morgan fingerprint density at radius 2 is 0.600 bits per heavy atom. The van der Waals surface area contributed by atoms with Crippen LogP contribution in [0.1, 0.15) is 0 Å². The number of hydrogen-bond acceptors (Lipinski definition) is 6. The number of hydrogen-bond donors (Lipinski definition) is 0. The van der Waals surface area contributed by atoms with Crippen LogP contribution in [-0.2, 0) is 32.7 Å². The van der Waals surface area contributed by atoms with Crippen LogP contribution in [0.5, 0.6) is 0 Å². The maximum atomic E-state index is 8.42. The molecule has 0 atom stereocenters. The molecule has 0 aromatic heterocycles. The molecule has 6 nitrogen and oxygen atoms in total. The first-order valence-corrected chi connectivity index (χ1v) is 1.41. The van der Waals surface area contributed by atoms with Gasteiger partial charge in [-0.2, -0.15) is 0 Å². The Hall–Kier alpha value is 2.32. The molecule has 0 unspecified atom stereocenters. The van der Waals surface area contributed by atoms with E-state index >= 15 is 0 Å². The molecule has 0 fully saturated rings. The van der Waals surface area contributed by atoms with Crippen LogP contribution in [0.3, 0.4) is 0 Å². The van der Waals surface area contributed by atoms with Crippen molar-refractivity contribution in [1.82, 2.24) is 0 Å². The summed E-state index contributed by atoms with van der Waals surface area (Å²) in [6.07, 6.45) is 0. The van der Waals surface area contributed by atoms with Gasteiger partial charge in [-0.1, -0.05) is 0 Å². The fourth-order valence-electron chi connectivity index (χ4n) is 0. The van der Waals surface area contributed by atoms with Gasteiger partial charge in [0, 0.05) is 0 Å². The SMILES string of the molecule is [Gd+3].[O-]B([O-])[O-].[O-]B([O-])[O-].[Y+3]. The predicted molar refractivity (Wildman–Crippen MR) is 11.5 cm³/mol. The van der Waals surface area contributed by atoms with Gasteiger partial charge in [0.05, 0.1) is 0 Å². The average Bonchev–Trinajstić information content (AvgIpc) is 1.25. The Balaban J connectivity index is -0.0000000300. The van der Waals surface area contributed by atoms with Gasteiger partial charge in [0.1, 0.15) is 0 Å². The Labute approximate surface area is 116 Å². The van der Waals surface area contributed by atoms with E-state index in [9.17, 15) is 0 Å². The largest absolute Gasteiger partial charge is 3.00 e. The first kappa shape index (κ1) is 22.8. The molecular weight excluding hydrogens is 364 g/mol. The van der Waals surface area contributed by atoms with E-state index in [1.54, 1.807) is 0 Å². The van der Waals surface area contributed by atoms with E-state index in [4.69, 9.17) is 30.1 Å². The van der Waals surface area contributed by atoms with Gasteiger partial charge in [-0.25, -0.2) is 0 Å². The van der Waals surface area contributed by atoms with Crippen LogP contribution in [0.15, 0.2) is 0 Å². The predicted octanol–water partition coefficient (Wildman–Crippen LogP) is -7.90. The third-order valence-electron chi connectivity index (χ3n) is 0. The molecule has 0 aromatic rings. The van der Waals surface area contributed by atoms with Crippen molar-refractivity contribution in [2.24, 2.45) is 0 Å². The molecule has 10 heteroatoms. The molecular formula is B2GdO6Y. The molecule has 0 spiro atoms. The fourth-order valence-corrected chi connectivity index (χ4v) is 0. The van der Waals surface area contributed by atoms with Gasteiger partial charge in [-0.15, -0.1) is 0 Å². The maximum absolute atomic E-state index is 8.42. The van der Waals surface area contributed by atoms with E-state index in [0.717, 1.165) is 0 Å². The van der Waals surface area contributed by atoms with Crippen LogP contribution in [0.4, 0.5) is 0 Å². The molecule has 1 radical (unpaired) electrons. The van der Waals surface area contributed by atoms with Gasteiger partial charge >= 0.3 is 72.6 Å². The zero-order valence-corrected chi connectivity index (χ0v) is 9.64. The zero-order valence-electron chi connectivity index (χ0n) is 4.54. The third-order valence-corrected chi connectivity index (χ3v) is 0. The molecule has 0 N–H and O–H groups in total. The van der Waals surface area contributed by atoms with Crippen LogP contribution in [-0.4, -0.2) is 14.6 Å². The summed E-state index contributed by atoms with van der Waals surface area (Å²) >= 11 is 0. The zero-order chi connectivity index (χ0) is 7.15. The van der Waals surface area contributed by atoms with Crippen LogP contribution in [0.2, 0.25) is 0 Å². The molecule has 0 aromatic carbocycles. The van der Waals surface area contributed by atoms with Crippen molar-refractivity contribution in [3.8, 4) is 0 Å². The van der Waals surface area contributed by atoms with Crippen molar-refractivity contribution >= 4 is 14.6 Å². The summed E-state index contributed by atoms with van der Waals surface area (Å²) in [6, 6.07) is 0. The minimum Gasteiger partial charge on any atom is -0.907 e. The topological polar surface area (TPSA) is 138 Å². The molecule has 0 saturated carbocycles. The second kappa shape index (κ2) is 17.4. The van der Waals surface area contributed by atoms with E-state index in [1.165, 1.54) is 0 Å². The molecule has 0 amide bonds. The van der Waals surface area contributed by atoms with Gasteiger partial charge in [-0.3, -0.25) is 14.6 Å². The van der Waals surface area contributed by atoms with E-state index in [1.807, 2.05) is 0 Å². The van der Waals surface area contributed by atoms with Crippen molar-refractivity contribution in [1.29, 1.82) is 0 Å². The van der Waals surface area contributed by atoms with E-state index < -0.39 is 14.6 Å². The van der Waals surface area contributed by atoms with Crippen molar-refractivity contribution in [2.75, 3.05) is 0 Å². The standard InChI is InChI=1S/2BO3.Gd.Y/c2*2-1(3)4;;/q2*-3;2*+3. The monoisotopic (exact) mass is 365 g/mol. The third kappa shape index (κ3) is 167. The van der Waals surface area contributed by atoms with E-state index in [-0.39, 0.29) is 72.6 Å². The second-order valence-corrected chi connectivity index (χ2v) is 0.577. The Morgan fingerprint density at radius 3 is 0.600 bits per heavy atom. The summed E-state index contributed by atoms with van der Waals surface area (Å²) in [5.74, 6) is 0. The van der Waals surface area contributed by atoms with Crippen LogP contribution < -0.4 is 30.1 Å². The Morgan fingerprint density at radius 1 is 0.600 bits per heavy atom. The van der Waals surface area contributed by atoms with Crippen LogP contribution in [0.25, 0.3) is 0 Å². The van der Waals surface area contributed by atoms with E-state index in [0.29, 0.717) is 0 Å². The second-order valence-electron chi connectivity index (χ2n) is 0.577. The summed E-state index contributed by atoms with van der Waals surface area (Å²) in [5, 5.41) is 50.5. The molecule has 0 aliphatic rings. The minimum absolute atomic E-state index is 0. The summed E-state index contributed by atoms with van der Waals surface area (Å²) in [4.78, 5) is 0. The normalized spacial score (nSPS) is 5.40. The van der Waals surface area contributed by atoms with Gasteiger partial charge in [0.15, 0.2) is 0 Å². The maximum Gasteiger partial charge on any atom is 3.00 e. The summed E-state index contributed by atoms with van der Waals surface area (Å²) in [6.45, 7) is 0. The smallest absolute Gasteiger partial charge is 0.907 e. The van der Waals surface area contributed by atoms with Gasteiger partial charge in [0.25, 0.3) is 0 Å². The molecule has 0 saturated heterocycles. The van der Waals surface area contributed by atoms with Crippen molar-refractivity contribution in [3.63, 3.8) is 0 Å². The van der Waals surface area contributed by atoms with Crippen molar-refractivity contribution < 1.29 is 103 Å². The molecule has 0 aliphatic heterocycles. The van der Waals surface area contributed by atoms with Gasteiger partial charge in [-0.05, 0) is 0 Å². The summed E-state index contributed by atoms with van der Waals surface area (Å²) < 4.78 is 0. The van der Waals surface area contributed by atoms with Crippen molar-refractivity contribution in [3.05, 3.63) is 0 Å². The first-order chi connectivity index (χ1) is 3.46. The molecule has 10 heavy (non-hydrogen) atoms. The summed E-state index contributed by atoms with van der Waals surface area (Å²) in [7, 11) is -5.83. The first-order valence-electron chi connectivity index (χ1n) is 1.41. The molecule has 0 bridgehead atoms. The molecule has 0 rings (SSSR count).